The lowest BCUT2D eigenvalue weighted by molar-refractivity contribution is 0.0974. The van der Waals surface area contributed by atoms with E-state index in [4.69, 9.17) is 4.74 Å². The lowest BCUT2D eigenvalue weighted by atomic mass is 9.80. The number of hydrogen-bond acceptors (Lipinski definition) is 5. The number of carbonyl (C=O) groups excluding carboxylic acids is 3. The van der Waals surface area contributed by atoms with Gasteiger partial charge in [0.2, 0.25) is 5.78 Å². The van der Waals surface area contributed by atoms with Crippen molar-refractivity contribution in [1.82, 2.24) is 0 Å². The highest BCUT2D eigenvalue weighted by molar-refractivity contribution is 7.16. The first-order valence-corrected chi connectivity index (χ1v) is 12.6. The Hall–Kier alpha value is -3.57. The van der Waals surface area contributed by atoms with Crippen LogP contribution in [0.25, 0.3) is 5.57 Å². The van der Waals surface area contributed by atoms with Crippen molar-refractivity contribution in [2.24, 2.45) is 0 Å². The third kappa shape index (κ3) is 4.21. The Bertz CT molecular complexity index is 1390. The molecule has 3 aromatic rings. The quantitative estimate of drug-likeness (QED) is 0.251. The summed E-state index contributed by atoms with van der Waals surface area (Å²) >= 11 is 1.19. The molecule has 1 aromatic heterocycles. The van der Waals surface area contributed by atoms with E-state index < -0.39 is 0 Å². The molecule has 2 aliphatic carbocycles. The highest BCUT2D eigenvalue weighted by Gasteiger charge is 2.40. The third-order valence-corrected chi connectivity index (χ3v) is 7.64. The molecule has 4 nitrogen and oxygen atoms in total. The number of thiophene rings is 1. The van der Waals surface area contributed by atoms with Gasteiger partial charge in [0.25, 0.3) is 0 Å². The third-order valence-electron chi connectivity index (χ3n) is 6.39. The number of hydrogen-bond donors (Lipinski definition) is 0. The molecule has 0 amide bonds. The minimum atomic E-state index is -0.278. The van der Waals surface area contributed by atoms with Gasteiger partial charge in [-0.1, -0.05) is 76.2 Å². The first-order valence-electron chi connectivity index (χ1n) is 11.8. The summed E-state index contributed by atoms with van der Waals surface area (Å²) in [6, 6.07) is 12.5. The van der Waals surface area contributed by atoms with Crippen LogP contribution in [0.4, 0.5) is 0 Å². The van der Waals surface area contributed by atoms with Gasteiger partial charge < -0.3 is 4.74 Å². The highest BCUT2D eigenvalue weighted by atomic mass is 32.1. The van der Waals surface area contributed by atoms with Gasteiger partial charge in [0.05, 0.1) is 28.9 Å². The number of rotatable bonds is 5. The molecule has 2 aliphatic rings. The SMILES string of the molecule is C=C(CCc1ccc2c(c1)C(=O)c1c(sc3c1C(=O)c1ccccc1C3=O)C2=C)OC.CCCC. The molecule has 0 radical (unpaired) electrons. The molecule has 0 saturated carbocycles. The van der Waals surface area contributed by atoms with Crippen LogP contribution in [0.5, 0.6) is 0 Å². The van der Waals surface area contributed by atoms with Crippen LogP contribution in [0.2, 0.25) is 0 Å². The van der Waals surface area contributed by atoms with Gasteiger partial charge >= 0.3 is 0 Å². The van der Waals surface area contributed by atoms with E-state index in [1.54, 1.807) is 31.4 Å². The van der Waals surface area contributed by atoms with Gasteiger partial charge in [0, 0.05) is 28.0 Å². The predicted molar refractivity (Wildman–Crippen MR) is 141 cm³/mol. The van der Waals surface area contributed by atoms with E-state index >= 15 is 0 Å². The molecular weight excluding hydrogens is 456 g/mol. The van der Waals surface area contributed by atoms with Crippen LogP contribution < -0.4 is 0 Å². The number of fused-ring (bicyclic) bond motifs is 5. The molecule has 35 heavy (non-hydrogen) atoms. The van der Waals surface area contributed by atoms with E-state index in [9.17, 15) is 14.4 Å². The zero-order valence-electron chi connectivity index (χ0n) is 20.3. The first-order chi connectivity index (χ1) is 16.8. The number of benzene rings is 2. The number of aryl methyl sites for hydroxylation is 1. The molecular formula is C30H28O4S. The van der Waals surface area contributed by atoms with Crippen molar-refractivity contribution >= 4 is 34.3 Å². The molecule has 5 heteroatoms. The van der Waals surface area contributed by atoms with Gasteiger partial charge in [-0.2, -0.15) is 0 Å². The van der Waals surface area contributed by atoms with Crippen LogP contribution in [0.1, 0.15) is 96.2 Å². The summed E-state index contributed by atoms with van der Waals surface area (Å²) in [7, 11) is 1.58. The predicted octanol–water partition coefficient (Wildman–Crippen LogP) is 7.03. The maximum absolute atomic E-state index is 13.6. The molecule has 178 valence electrons. The fourth-order valence-electron chi connectivity index (χ4n) is 4.21. The summed E-state index contributed by atoms with van der Waals surface area (Å²) in [6.45, 7) is 12.4. The minimum Gasteiger partial charge on any atom is -0.502 e. The Balaban J connectivity index is 0.000000672. The number of allylic oxidation sites excluding steroid dienone is 1. The summed E-state index contributed by atoms with van der Waals surface area (Å²) in [5.74, 6) is -0.0545. The molecule has 0 atom stereocenters. The van der Waals surface area contributed by atoms with E-state index in [0.717, 1.165) is 11.1 Å². The highest BCUT2D eigenvalue weighted by Crippen LogP contribution is 2.45. The van der Waals surface area contributed by atoms with Crippen molar-refractivity contribution in [3.8, 4) is 0 Å². The Labute approximate surface area is 210 Å². The largest absolute Gasteiger partial charge is 0.502 e. The summed E-state index contributed by atoms with van der Waals surface area (Å²) in [4.78, 5) is 40.9. The molecule has 0 aliphatic heterocycles. The van der Waals surface area contributed by atoms with Crippen molar-refractivity contribution in [1.29, 1.82) is 0 Å². The van der Waals surface area contributed by atoms with Crippen LogP contribution in [0.3, 0.4) is 0 Å². The smallest absolute Gasteiger partial charge is 0.204 e. The van der Waals surface area contributed by atoms with Crippen LogP contribution in [0.15, 0.2) is 61.4 Å². The van der Waals surface area contributed by atoms with Crippen molar-refractivity contribution in [2.45, 2.75) is 39.5 Å². The van der Waals surface area contributed by atoms with Gasteiger partial charge in [-0.25, -0.2) is 0 Å². The van der Waals surface area contributed by atoms with E-state index in [-0.39, 0.29) is 22.9 Å². The summed E-state index contributed by atoms with van der Waals surface area (Å²) in [6.07, 6.45) is 3.96. The van der Waals surface area contributed by atoms with E-state index in [2.05, 4.69) is 27.0 Å². The summed E-state index contributed by atoms with van der Waals surface area (Å²) < 4.78 is 5.13. The molecule has 0 spiro atoms. The molecule has 0 bridgehead atoms. The number of ether oxygens (including phenoxy) is 1. The molecule has 2 aromatic carbocycles. The molecule has 5 rings (SSSR count). The average molecular weight is 485 g/mol. The second-order valence-corrected chi connectivity index (χ2v) is 9.67. The van der Waals surface area contributed by atoms with Gasteiger partial charge in [-0.05, 0) is 29.2 Å². The zero-order valence-corrected chi connectivity index (χ0v) is 21.1. The Morgan fingerprint density at radius 1 is 0.829 bits per heavy atom. The monoisotopic (exact) mass is 484 g/mol. The second-order valence-electron chi connectivity index (χ2n) is 8.64. The molecule has 0 fully saturated rings. The van der Waals surface area contributed by atoms with Crippen LogP contribution in [-0.2, 0) is 11.2 Å². The van der Waals surface area contributed by atoms with E-state index in [0.29, 0.717) is 56.2 Å². The fraction of sp³-hybridized carbons (Fsp3) is 0.233. The van der Waals surface area contributed by atoms with Crippen molar-refractivity contribution < 1.29 is 19.1 Å². The van der Waals surface area contributed by atoms with Crippen LogP contribution in [0, 0.1) is 0 Å². The van der Waals surface area contributed by atoms with Crippen LogP contribution >= 0.6 is 11.3 Å². The van der Waals surface area contributed by atoms with Crippen molar-refractivity contribution in [3.63, 3.8) is 0 Å². The number of methoxy groups -OCH3 is 1. The van der Waals surface area contributed by atoms with Crippen molar-refractivity contribution in [3.05, 3.63) is 110 Å². The fourth-order valence-corrected chi connectivity index (χ4v) is 5.45. The standard InChI is InChI=1S/C26H18O4S.C4H10/c1-13(30-3)8-9-15-10-11-16-14(2)25-20(23(28)19(16)12-15)21-22(27)17-6-4-5-7-18(17)24(29)26(21)31-25;1-3-4-2/h4-7,10-12H,1-2,8-9H2,3H3;3-4H2,1-2H3. The number of carbonyl (C=O) groups is 3. The average Bonchev–Trinajstić information content (AvgIpc) is 3.30. The first kappa shape index (κ1) is 24.6. The minimum absolute atomic E-state index is 0.215. The number of ketones is 3. The summed E-state index contributed by atoms with van der Waals surface area (Å²) in [5.41, 5.74) is 4.15. The van der Waals surface area contributed by atoms with Gasteiger partial charge in [-0.3, -0.25) is 14.4 Å². The number of unbranched alkanes of at least 4 members (excludes halogenated alkanes) is 1. The van der Waals surface area contributed by atoms with Gasteiger partial charge in [0.15, 0.2) is 11.6 Å². The molecule has 0 saturated heterocycles. The van der Waals surface area contributed by atoms with Gasteiger partial charge in [-0.15, -0.1) is 11.3 Å². The van der Waals surface area contributed by atoms with Crippen LogP contribution in [-0.4, -0.2) is 24.5 Å². The Morgan fingerprint density at radius 2 is 1.43 bits per heavy atom. The van der Waals surface area contributed by atoms with E-state index in [1.807, 2.05) is 18.2 Å². The molecule has 0 N–H and O–H groups in total. The summed E-state index contributed by atoms with van der Waals surface area (Å²) in [5, 5.41) is 0. The Morgan fingerprint density at radius 3 is 2.06 bits per heavy atom. The lowest BCUT2D eigenvalue weighted by Gasteiger charge is -2.20. The van der Waals surface area contributed by atoms with Gasteiger partial charge in [0.1, 0.15) is 0 Å². The maximum atomic E-state index is 13.6. The lowest BCUT2D eigenvalue weighted by Crippen LogP contribution is -2.22. The van der Waals surface area contributed by atoms with E-state index in [1.165, 1.54) is 24.2 Å². The molecule has 0 unspecified atom stereocenters. The molecule has 1 heterocycles. The Kier molecular flexibility index (Phi) is 6.99. The topological polar surface area (TPSA) is 60.4 Å². The normalized spacial score (nSPS) is 13.2. The maximum Gasteiger partial charge on any atom is 0.204 e. The van der Waals surface area contributed by atoms with Crippen molar-refractivity contribution in [2.75, 3.05) is 7.11 Å². The zero-order chi connectivity index (χ0) is 25.3. The second kappa shape index (κ2) is 9.96.